The Labute approximate surface area is 165 Å². The van der Waals surface area contributed by atoms with Gasteiger partial charge in [-0.15, -0.1) is 0 Å². The lowest BCUT2D eigenvalue weighted by Crippen LogP contribution is -2.45. The molecule has 4 rings (SSSR count). The Morgan fingerprint density at radius 3 is 2.33 bits per heavy atom. The van der Waals surface area contributed by atoms with E-state index in [1.807, 2.05) is 30.5 Å². The zero-order chi connectivity index (χ0) is 18.5. The third kappa shape index (κ3) is 4.74. The van der Waals surface area contributed by atoms with Gasteiger partial charge < -0.3 is 9.88 Å². The molecule has 0 atom stereocenters. The number of benzene rings is 2. The molecule has 1 saturated heterocycles. The van der Waals surface area contributed by atoms with Gasteiger partial charge in [0.1, 0.15) is 0 Å². The lowest BCUT2D eigenvalue weighted by atomic mass is 10.1. The Bertz CT molecular complexity index is 945. The SMILES string of the molecule is Clc1cccc(C#Cc2cccc(CN3CCN(c4cc[nH]c4)CC3)c2)c1. The Hall–Kier alpha value is -2.67. The highest BCUT2D eigenvalue weighted by atomic mass is 35.5. The van der Waals surface area contributed by atoms with Crippen molar-refractivity contribution in [3.63, 3.8) is 0 Å². The quantitative estimate of drug-likeness (QED) is 0.686. The minimum Gasteiger partial charge on any atom is -0.368 e. The molecule has 0 amide bonds. The van der Waals surface area contributed by atoms with Crippen LogP contribution in [0.1, 0.15) is 16.7 Å². The van der Waals surface area contributed by atoms with E-state index < -0.39 is 0 Å². The first kappa shape index (κ1) is 17.7. The summed E-state index contributed by atoms with van der Waals surface area (Å²) in [6, 6.07) is 18.3. The van der Waals surface area contributed by atoms with Gasteiger partial charge in [0, 0.05) is 61.3 Å². The number of nitrogens with one attached hydrogen (secondary N) is 1. The molecule has 0 aliphatic carbocycles. The van der Waals surface area contributed by atoms with E-state index in [2.05, 4.69) is 63.2 Å². The minimum atomic E-state index is 0.717. The largest absolute Gasteiger partial charge is 0.368 e. The molecular formula is C23H22ClN3. The molecule has 4 heteroatoms. The van der Waals surface area contributed by atoms with Crippen molar-refractivity contribution in [2.45, 2.75) is 6.54 Å². The number of aromatic nitrogens is 1. The molecule has 1 N–H and O–H groups in total. The first-order chi connectivity index (χ1) is 13.3. The summed E-state index contributed by atoms with van der Waals surface area (Å²) < 4.78 is 0. The second-order valence-electron chi connectivity index (χ2n) is 6.79. The molecule has 136 valence electrons. The fourth-order valence-corrected chi connectivity index (χ4v) is 3.58. The molecule has 1 aromatic heterocycles. The third-order valence-corrected chi connectivity index (χ3v) is 5.06. The van der Waals surface area contributed by atoms with Gasteiger partial charge in [0.2, 0.25) is 0 Å². The lowest BCUT2D eigenvalue weighted by Gasteiger charge is -2.35. The van der Waals surface area contributed by atoms with Crippen molar-refractivity contribution in [3.05, 3.63) is 88.7 Å². The zero-order valence-corrected chi connectivity index (χ0v) is 15.9. The van der Waals surface area contributed by atoms with Crippen LogP contribution in [0, 0.1) is 11.8 Å². The van der Waals surface area contributed by atoms with E-state index in [-0.39, 0.29) is 0 Å². The smallest absolute Gasteiger partial charge is 0.0544 e. The predicted octanol–water partition coefficient (Wildman–Crippen LogP) is 4.39. The normalized spacial score (nSPS) is 14.6. The number of piperazine rings is 1. The van der Waals surface area contributed by atoms with Crippen molar-refractivity contribution in [1.29, 1.82) is 0 Å². The van der Waals surface area contributed by atoms with Crippen LogP contribution in [0.25, 0.3) is 0 Å². The minimum absolute atomic E-state index is 0.717. The maximum atomic E-state index is 6.02. The van der Waals surface area contributed by atoms with E-state index in [1.54, 1.807) is 0 Å². The molecule has 1 fully saturated rings. The number of hydrogen-bond acceptors (Lipinski definition) is 2. The maximum absolute atomic E-state index is 6.02. The summed E-state index contributed by atoms with van der Waals surface area (Å²) in [6.45, 7) is 5.24. The van der Waals surface area contributed by atoms with Crippen LogP contribution in [0.3, 0.4) is 0 Å². The predicted molar refractivity (Wildman–Crippen MR) is 112 cm³/mol. The van der Waals surface area contributed by atoms with Crippen molar-refractivity contribution in [2.24, 2.45) is 0 Å². The summed E-state index contributed by atoms with van der Waals surface area (Å²) in [6.07, 6.45) is 4.05. The fourth-order valence-electron chi connectivity index (χ4n) is 3.39. The van der Waals surface area contributed by atoms with Gasteiger partial charge in [-0.1, -0.05) is 41.6 Å². The molecule has 0 unspecified atom stereocenters. The van der Waals surface area contributed by atoms with Crippen LogP contribution in [0.4, 0.5) is 5.69 Å². The molecule has 0 saturated carbocycles. The first-order valence-electron chi connectivity index (χ1n) is 9.23. The van der Waals surface area contributed by atoms with Crippen LogP contribution in [-0.4, -0.2) is 36.1 Å². The average molecular weight is 376 g/mol. The molecule has 1 aliphatic rings. The highest BCUT2D eigenvalue weighted by Gasteiger charge is 2.17. The summed E-state index contributed by atoms with van der Waals surface area (Å²) >= 11 is 6.02. The number of aromatic amines is 1. The molecule has 1 aliphatic heterocycles. The number of H-pyrrole nitrogens is 1. The second-order valence-corrected chi connectivity index (χ2v) is 7.23. The zero-order valence-electron chi connectivity index (χ0n) is 15.2. The van der Waals surface area contributed by atoms with Crippen LogP contribution in [-0.2, 0) is 6.54 Å². The van der Waals surface area contributed by atoms with Crippen LogP contribution in [0.15, 0.2) is 67.0 Å². The summed E-state index contributed by atoms with van der Waals surface area (Å²) in [5, 5.41) is 0.717. The molecule has 3 nitrogen and oxygen atoms in total. The van der Waals surface area contributed by atoms with Gasteiger partial charge in [0.25, 0.3) is 0 Å². The highest BCUT2D eigenvalue weighted by molar-refractivity contribution is 6.30. The van der Waals surface area contributed by atoms with Gasteiger partial charge in [0.15, 0.2) is 0 Å². The first-order valence-corrected chi connectivity index (χ1v) is 9.61. The molecule has 27 heavy (non-hydrogen) atoms. The number of rotatable bonds is 3. The van der Waals surface area contributed by atoms with Crippen LogP contribution >= 0.6 is 11.6 Å². The van der Waals surface area contributed by atoms with Crippen molar-refractivity contribution in [2.75, 3.05) is 31.1 Å². The molecule has 0 radical (unpaired) electrons. The van der Waals surface area contributed by atoms with E-state index in [0.717, 1.165) is 43.9 Å². The highest BCUT2D eigenvalue weighted by Crippen LogP contribution is 2.17. The fraction of sp³-hybridized carbons (Fsp3) is 0.217. The molecule has 0 bridgehead atoms. The number of halogens is 1. The molecular weight excluding hydrogens is 354 g/mol. The Morgan fingerprint density at radius 1 is 0.889 bits per heavy atom. The van der Waals surface area contributed by atoms with Gasteiger partial charge in [0.05, 0.1) is 5.69 Å². The topological polar surface area (TPSA) is 22.3 Å². The van der Waals surface area contributed by atoms with Gasteiger partial charge in [-0.25, -0.2) is 0 Å². The lowest BCUT2D eigenvalue weighted by molar-refractivity contribution is 0.250. The Balaban J connectivity index is 1.37. The van der Waals surface area contributed by atoms with E-state index in [1.165, 1.54) is 11.3 Å². The number of nitrogens with zero attached hydrogens (tertiary/aromatic N) is 2. The summed E-state index contributed by atoms with van der Waals surface area (Å²) in [7, 11) is 0. The standard InChI is InChI=1S/C23H22ClN3/c24-22-6-2-4-20(16-22)8-7-19-3-1-5-21(15-19)18-26-11-13-27(14-12-26)23-9-10-25-17-23/h1-6,9-10,15-17,25H,11-14,18H2. The van der Waals surface area contributed by atoms with Crippen molar-refractivity contribution < 1.29 is 0 Å². The van der Waals surface area contributed by atoms with E-state index in [9.17, 15) is 0 Å². The van der Waals surface area contributed by atoms with Crippen LogP contribution < -0.4 is 4.90 Å². The third-order valence-electron chi connectivity index (χ3n) is 4.83. The molecule has 3 aromatic rings. The average Bonchev–Trinajstić information content (AvgIpc) is 3.22. The monoisotopic (exact) mass is 375 g/mol. The summed E-state index contributed by atoms with van der Waals surface area (Å²) in [4.78, 5) is 8.07. The van der Waals surface area contributed by atoms with E-state index in [4.69, 9.17) is 11.6 Å². The maximum Gasteiger partial charge on any atom is 0.0544 e. The van der Waals surface area contributed by atoms with E-state index in [0.29, 0.717) is 5.02 Å². The summed E-state index contributed by atoms with van der Waals surface area (Å²) in [5.41, 5.74) is 4.57. The Kier molecular flexibility index (Phi) is 5.48. The second kappa shape index (κ2) is 8.35. The van der Waals surface area contributed by atoms with Gasteiger partial charge >= 0.3 is 0 Å². The Morgan fingerprint density at radius 2 is 1.63 bits per heavy atom. The number of anilines is 1. The van der Waals surface area contributed by atoms with Crippen molar-refractivity contribution in [1.82, 2.24) is 9.88 Å². The van der Waals surface area contributed by atoms with Crippen molar-refractivity contribution in [3.8, 4) is 11.8 Å². The number of hydrogen-bond donors (Lipinski definition) is 1. The van der Waals surface area contributed by atoms with Gasteiger partial charge in [-0.05, 0) is 42.0 Å². The van der Waals surface area contributed by atoms with Crippen molar-refractivity contribution >= 4 is 17.3 Å². The molecule has 0 spiro atoms. The van der Waals surface area contributed by atoms with Gasteiger partial charge in [-0.3, -0.25) is 4.90 Å². The molecule has 2 aromatic carbocycles. The summed E-state index contributed by atoms with van der Waals surface area (Å²) in [5.74, 6) is 6.45. The van der Waals surface area contributed by atoms with Crippen LogP contribution in [0.5, 0.6) is 0 Å². The van der Waals surface area contributed by atoms with Crippen LogP contribution in [0.2, 0.25) is 5.02 Å². The van der Waals surface area contributed by atoms with E-state index >= 15 is 0 Å². The molecule has 2 heterocycles. The van der Waals surface area contributed by atoms with Gasteiger partial charge in [-0.2, -0.15) is 0 Å².